The Kier molecular flexibility index (Phi) is 6.06. The van der Waals surface area contributed by atoms with Crippen molar-refractivity contribution in [2.24, 2.45) is 5.92 Å². The lowest BCUT2D eigenvalue weighted by Crippen LogP contribution is -2.26. The predicted octanol–water partition coefficient (Wildman–Crippen LogP) is 4.85. The van der Waals surface area contributed by atoms with E-state index in [4.69, 9.17) is 0 Å². The Morgan fingerprint density at radius 2 is 2.12 bits per heavy atom. The number of hydrogen-bond donors (Lipinski definition) is 1. The molecule has 1 atom stereocenters. The molecule has 2 aliphatic carbocycles. The molecule has 0 saturated heterocycles. The number of nitrogens with one attached hydrogen (secondary N) is 1. The molecule has 1 N–H and O–H groups in total. The Morgan fingerprint density at radius 1 is 1.24 bits per heavy atom. The van der Waals surface area contributed by atoms with Crippen molar-refractivity contribution in [1.82, 2.24) is 5.32 Å². The van der Waals surface area contributed by atoms with Crippen molar-refractivity contribution in [3.05, 3.63) is 46.5 Å². The quantitative estimate of drug-likeness (QED) is 0.753. The van der Waals surface area contributed by atoms with Crippen molar-refractivity contribution >= 4 is 11.7 Å². The zero-order valence-corrected chi connectivity index (χ0v) is 15.3. The summed E-state index contributed by atoms with van der Waals surface area (Å²) in [5.41, 5.74) is 4.02. The number of ketones is 1. The van der Waals surface area contributed by atoms with Gasteiger partial charge in [-0.3, -0.25) is 9.59 Å². The van der Waals surface area contributed by atoms with Crippen LogP contribution in [-0.4, -0.2) is 18.2 Å². The van der Waals surface area contributed by atoms with Crippen LogP contribution in [0.1, 0.15) is 84.6 Å². The number of aryl methyl sites for hydroxylation is 1. The van der Waals surface area contributed by atoms with E-state index in [1.165, 1.54) is 31.3 Å². The van der Waals surface area contributed by atoms with Gasteiger partial charge in [-0.2, -0.15) is 0 Å². The maximum absolute atomic E-state index is 12.5. The fourth-order valence-electron chi connectivity index (χ4n) is 4.06. The average Bonchev–Trinajstić information content (AvgIpc) is 2.64. The van der Waals surface area contributed by atoms with Crippen molar-refractivity contribution in [3.8, 4) is 0 Å². The van der Waals surface area contributed by atoms with Crippen LogP contribution in [0.3, 0.4) is 0 Å². The van der Waals surface area contributed by atoms with E-state index >= 15 is 0 Å². The van der Waals surface area contributed by atoms with Crippen molar-refractivity contribution in [2.45, 2.75) is 64.7 Å². The minimum atomic E-state index is -0.0256. The Hall–Kier alpha value is -1.90. The molecule has 0 heterocycles. The van der Waals surface area contributed by atoms with Crippen LogP contribution in [0.2, 0.25) is 0 Å². The van der Waals surface area contributed by atoms with E-state index in [1.807, 2.05) is 12.1 Å². The van der Waals surface area contributed by atoms with E-state index in [9.17, 15) is 9.59 Å². The van der Waals surface area contributed by atoms with E-state index in [0.717, 1.165) is 43.2 Å². The number of fused-ring (bicyclic) bond motifs is 1. The molecular weight excluding hydrogens is 310 g/mol. The fourth-order valence-corrected chi connectivity index (χ4v) is 4.06. The van der Waals surface area contributed by atoms with E-state index < -0.39 is 0 Å². The first-order valence-electron chi connectivity index (χ1n) is 9.82. The summed E-state index contributed by atoms with van der Waals surface area (Å²) in [7, 11) is 0. The minimum absolute atomic E-state index is 0.0256. The fraction of sp³-hybridized carbons (Fsp3) is 0.545. The van der Waals surface area contributed by atoms with Gasteiger partial charge in [0, 0.05) is 23.6 Å². The molecule has 2 aliphatic rings. The van der Waals surface area contributed by atoms with Crippen LogP contribution < -0.4 is 5.32 Å². The van der Waals surface area contributed by atoms with Crippen molar-refractivity contribution in [2.75, 3.05) is 6.54 Å². The molecule has 134 valence electrons. The zero-order valence-electron chi connectivity index (χ0n) is 15.3. The summed E-state index contributed by atoms with van der Waals surface area (Å²) < 4.78 is 0. The molecule has 0 fully saturated rings. The number of hydrogen-bond acceptors (Lipinski definition) is 2. The highest BCUT2D eigenvalue weighted by Crippen LogP contribution is 2.29. The van der Waals surface area contributed by atoms with Gasteiger partial charge >= 0.3 is 0 Å². The lowest BCUT2D eigenvalue weighted by molar-refractivity contribution is 0.0891. The Labute approximate surface area is 150 Å². The first-order chi connectivity index (χ1) is 12.2. The maximum Gasteiger partial charge on any atom is 0.251 e. The third-order valence-corrected chi connectivity index (χ3v) is 5.52. The highest BCUT2D eigenvalue weighted by Gasteiger charge is 2.27. The second-order valence-electron chi connectivity index (χ2n) is 7.37. The summed E-state index contributed by atoms with van der Waals surface area (Å²) in [6.07, 6.45) is 12.0. The Morgan fingerprint density at radius 3 is 2.88 bits per heavy atom. The van der Waals surface area contributed by atoms with Gasteiger partial charge in [-0.15, -0.1) is 0 Å². The highest BCUT2D eigenvalue weighted by atomic mass is 16.1. The Bertz CT molecular complexity index is 675. The van der Waals surface area contributed by atoms with Crippen molar-refractivity contribution in [1.29, 1.82) is 0 Å². The first-order valence-corrected chi connectivity index (χ1v) is 9.82. The normalized spacial score (nSPS) is 20.0. The molecule has 0 aliphatic heterocycles. The lowest BCUT2D eigenvalue weighted by Gasteiger charge is -2.23. The van der Waals surface area contributed by atoms with Gasteiger partial charge in [-0.05, 0) is 69.1 Å². The summed E-state index contributed by atoms with van der Waals surface area (Å²) >= 11 is 0. The standard InChI is InChI=1S/C22H29NO2/c1-2-6-17-9-10-18-15-19(11-12-20(18)21(17)24)22(25)23-14-13-16-7-4-3-5-8-16/h7,11-12,15,17H,2-6,8-10,13-14H2,1H3,(H,23,25). The van der Waals surface area contributed by atoms with E-state index in [-0.39, 0.29) is 17.6 Å². The second-order valence-corrected chi connectivity index (χ2v) is 7.37. The number of carbonyl (C=O) groups is 2. The van der Waals surface area contributed by atoms with Crippen LogP contribution in [0.15, 0.2) is 29.8 Å². The van der Waals surface area contributed by atoms with Crippen molar-refractivity contribution < 1.29 is 9.59 Å². The number of rotatable bonds is 6. The van der Waals surface area contributed by atoms with Gasteiger partial charge in [0.25, 0.3) is 5.91 Å². The van der Waals surface area contributed by atoms with Gasteiger partial charge in [0.2, 0.25) is 0 Å². The molecule has 3 nitrogen and oxygen atoms in total. The smallest absolute Gasteiger partial charge is 0.251 e. The van der Waals surface area contributed by atoms with Crippen LogP contribution >= 0.6 is 0 Å². The van der Waals surface area contributed by atoms with Gasteiger partial charge in [0.05, 0.1) is 0 Å². The lowest BCUT2D eigenvalue weighted by atomic mass is 9.80. The maximum atomic E-state index is 12.5. The molecule has 3 heteroatoms. The highest BCUT2D eigenvalue weighted by molar-refractivity contribution is 6.02. The number of Topliss-reactive ketones (excluding diaryl/α,β-unsaturated/α-hetero) is 1. The van der Waals surface area contributed by atoms with Crippen LogP contribution in [-0.2, 0) is 6.42 Å². The molecule has 25 heavy (non-hydrogen) atoms. The van der Waals surface area contributed by atoms with Gasteiger partial charge in [0.15, 0.2) is 5.78 Å². The molecule has 0 radical (unpaired) electrons. The second kappa shape index (κ2) is 8.46. The largest absolute Gasteiger partial charge is 0.352 e. The molecule has 1 unspecified atom stereocenters. The molecule has 0 saturated carbocycles. The molecule has 0 bridgehead atoms. The SMILES string of the molecule is CCCC1CCc2cc(C(=O)NCCC3=CCCCC3)ccc2C1=O. The van der Waals surface area contributed by atoms with Crippen LogP contribution in [0, 0.1) is 5.92 Å². The van der Waals surface area contributed by atoms with Gasteiger partial charge < -0.3 is 5.32 Å². The molecule has 3 rings (SSSR count). The van der Waals surface area contributed by atoms with Crippen LogP contribution in [0.5, 0.6) is 0 Å². The minimum Gasteiger partial charge on any atom is -0.352 e. The number of amides is 1. The number of carbonyl (C=O) groups excluding carboxylic acids is 2. The molecule has 1 aromatic rings. The molecule has 0 spiro atoms. The zero-order chi connectivity index (χ0) is 17.6. The third kappa shape index (κ3) is 4.39. The molecule has 0 aromatic heterocycles. The third-order valence-electron chi connectivity index (χ3n) is 5.52. The predicted molar refractivity (Wildman–Crippen MR) is 101 cm³/mol. The monoisotopic (exact) mass is 339 g/mol. The van der Waals surface area contributed by atoms with Crippen LogP contribution in [0.25, 0.3) is 0 Å². The Balaban J connectivity index is 1.59. The summed E-state index contributed by atoms with van der Waals surface area (Å²) in [5, 5.41) is 3.03. The van der Waals surface area contributed by atoms with Gasteiger partial charge in [0.1, 0.15) is 0 Å². The van der Waals surface area contributed by atoms with E-state index in [0.29, 0.717) is 12.1 Å². The summed E-state index contributed by atoms with van der Waals surface area (Å²) in [4.78, 5) is 24.9. The topological polar surface area (TPSA) is 46.2 Å². The molecule has 1 aromatic carbocycles. The summed E-state index contributed by atoms with van der Waals surface area (Å²) in [6, 6.07) is 5.59. The first kappa shape index (κ1) is 17.9. The van der Waals surface area contributed by atoms with Gasteiger partial charge in [-0.1, -0.05) is 31.1 Å². The van der Waals surface area contributed by atoms with Crippen LogP contribution in [0.4, 0.5) is 0 Å². The van der Waals surface area contributed by atoms with Crippen molar-refractivity contribution in [3.63, 3.8) is 0 Å². The molecule has 1 amide bonds. The molecular formula is C22H29NO2. The summed E-state index contributed by atoms with van der Waals surface area (Å²) in [5.74, 6) is 0.405. The van der Waals surface area contributed by atoms with E-state index in [1.54, 1.807) is 6.07 Å². The van der Waals surface area contributed by atoms with Gasteiger partial charge in [-0.25, -0.2) is 0 Å². The number of allylic oxidation sites excluding steroid dienone is 1. The van der Waals surface area contributed by atoms with E-state index in [2.05, 4.69) is 18.3 Å². The average molecular weight is 339 g/mol. The number of benzene rings is 1. The summed E-state index contributed by atoms with van der Waals surface area (Å²) in [6.45, 7) is 2.82.